The Morgan fingerprint density at radius 3 is 2.62 bits per heavy atom. The molecular weight excluding hydrogens is 355 g/mol. The van der Waals surface area contributed by atoms with Crippen molar-refractivity contribution in [3.63, 3.8) is 0 Å². The number of anilines is 1. The summed E-state index contributed by atoms with van der Waals surface area (Å²) in [6.07, 6.45) is 1.96. The van der Waals surface area contributed by atoms with Crippen LogP contribution >= 0.6 is 0 Å². The molecule has 134 valence electrons. The van der Waals surface area contributed by atoms with E-state index in [1.807, 2.05) is 0 Å². The Labute approximate surface area is 152 Å². The second-order valence-corrected chi connectivity index (χ2v) is 7.95. The summed E-state index contributed by atoms with van der Waals surface area (Å²) in [6, 6.07) is 11.0. The zero-order chi connectivity index (χ0) is 18.3. The van der Waals surface area contributed by atoms with Gasteiger partial charge in [-0.3, -0.25) is 13.8 Å². The summed E-state index contributed by atoms with van der Waals surface area (Å²) >= 11 is 0. The van der Waals surface area contributed by atoms with Gasteiger partial charge in [0, 0.05) is 11.6 Å². The van der Waals surface area contributed by atoms with Crippen molar-refractivity contribution in [2.45, 2.75) is 30.3 Å². The molecular formula is C19H17FN2O3S. The van der Waals surface area contributed by atoms with Crippen LogP contribution in [0.2, 0.25) is 0 Å². The molecule has 0 bridgehead atoms. The van der Waals surface area contributed by atoms with Gasteiger partial charge in [0.05, 0.1) is 27.9 Å². The highest BCUT2D eigenvalue weighted by Gasteiger charge is 2.31. The van der Waals surface area contributed by atoms with E-state index in [0.717, 1.165) is 18.4 Å². The van der Waals surface area contributed by atoms with Crippen LogP contribution in [0.15, 0.2) is 47.4 Å². The summed E-state index contributed by atoms with van der Waals surface area (Å²) in [5, 5.41) is 2.91. The van der Waals surface area contributed by atoms with Gasteiger partial charge in [-0.15, -0.1) is 0 Å². The van der Waals surface area contributed by atoms with Gasteiger partial charge in [-0.05, 0) is 48.7 Å². The maximum atomic E-state index is 13.1. The van der Waals surface area contributed by atoms with Crippen molar-refractivity contribution < 1.29 is 18.2 Å². The lowest BCUT2D eigenvalue weighted by atomic mass is 10.1. The number of rotatable bonds is 4. The molecule has 1 N–H and O–H groups in total. The molecule has 2 amide bonds. The summed E-state index contributed by atoms with van der Waals surface area (Å²) in [6.45, 7) is 0.233. The van der Waals surface area contributed by atoms with Crippen LogP contribution in [0, 0.1) is 5.82 Å². The van der Waals surface area contributed by atoms with Gasteiger partial charge in [0.25, 0.3) is 5.91 Å². The number of halogens is 1. The van der Waals surface area contributed by atoms with Gasteiger partial charge in [0.15, 0.2) is 0 Å². The molecule has 1 heterocycles. The number of nitrogens with one attached hydrogen (secondary N) is 1. The van der Waals surface area contributed by atoms with Crippen LogP contribution in [0.1, 0.15) is 28.8 Å². The van der Waals surface area contributed by atoms with Gasteiger partial charge in [-0.2, -0.15) is 0 Å². The average molecular weight is 372 g/mol. The molecule has 0 saturated heterocycles. The van der Waals surface area contributed by atoms with Gasteiger partial charge in [-0.25, -0.2) is 4.39 Å². The molecule has 2 aliphatic rings. The Bertz CT molecular complexity index is 910. The summed E-state index contributed by atoms with van der Waals surface area (Å²) in [5.41, 5.74) is 1.67. The fourth-order valence-corrected chi connectivity index (χ4v) is 4.06. The third kappa shape index (κ3) is 3.39. The molecule has 5 nitrogen and oxygen atoms in total. The van der Waals surface area contributed by atoms with E-state index in [9.17, 15) is 18.2 Å². The van der Waals surface area contributed by atoms with Crippen LogP contribution in [0.5, 0.6) is 0 Å². The summed E-state index contributed by atoms with van der Waals surface area (Å²) < 4.78 is 25.4. The van der Waals surface area contributed by atoms with Crippen molar-refractivity contribution in [3.05, 3.63) is 59.4 Å². The predicted octanol–water partition coefficient (Wildman–Crippen LogP) is 2.37. The molecule has 2 aromatic rings. The van der Waals surface area contributed by atoms with E-state index < -0.39 is 10.8 Å². The highest BCUT2D eigenvalue weighted by Crippen LogP contribution is 2.32. The van der Waals surface area contributed by atoms with E-state index in [1.165, 1.54) is 17.0 Å². The highest BCUT2D eigenvalue weighted by molar-refractivity contribution is 7.86. The Morgan fingerprint density at radius 1 is 1.19 bits per heavy atom. The highest BCUT2D eigenvalue weighted by atomic mass is 32.2. The Hall–Kier alpha value is -2.54. The van der Waals surface area contributed by atoms with Crippen molar-refractivity contribution in [1.29, 1.82) is 0 Å². The van der Waals surface area contributed by atoms with Gasteiger partial charge in [0.2, 0.25) is 5.91 Å². The third-order valence-electron chi connectivity index (χ3n) is 4.48. The van der Waals surface area contributed by atoms with Crippen molar-refractivity contribution in [2.24, 2.45) is 0 Å². The van der Waals surface area contributed by atoms with E-state index in [0.29, 0.717) is 16.1 Å². The molecule has 1 aliphatic carbocycles. The fraction of sp³-hybridized carbons (Fsp3) is 0.263. The number of hydrogen-bond acceptors (Lipinski definition) is 3. The first kappa shape index (κ1) is 16.9. The lowest BCUT2D eigenvalue weighted by molar-refractivity contribution is -0.116. The van der Waals surface area contributed by atoms with Crippen molar-refractivity contribution in [1.82, 2.24) is 5.32 Å². The molecule has 1 unspecified atom stereocenters. The first-order chi connectivity index (χ1) is 12.5. The number of carbonyl (C=O) groups is 2. The fourth-order valence-electron chi connectivity index (χ4n) is 2.91. The predicted molar refractivity (Wildman–Crippen MR) is 95.8 cm³/mol. The number of amides is 2. The van der Waals surface area contributed by atoms with Crippen LogP contribution < -0.4 is 10.2 Å². The Balaban J connectivity index is 1.67. The van der Waals surface area contributed by atoms with E-state index in [4.69, 9.17) is 0 Å². The van der Waals surface area contributed by atoms with Gasteiger partial charge < -0.3 is 10.2 Å². The summed E-state index contributed by atoms with van der Waals surface area (Å²) in [5.74, 6) is -0.915. The quantitative estimate of drug-likeness (QED) is 0.896. The van der Waals surface area contributed by atoms with Crippen LogP contribution in [0.3, 0.4) is 0 Å². The second-order valence-electron chi connectivity index (χ2n) is 6.53. The van der Waals surface area contributed by atoms with E-state index in [2.05, 4.69) is 5.32 Å². The monoisotopic (exact) mass is 372 g/mol. The first-order valence-electron chi connectivity index (χ1n) is 8.39. The number of benzene rings is 2. The van der Waals surface area contributed by atoms with Crippen LogP contribution in [0.4, 0.5) is 10.1 Å². The van der Waals surface area contributed by atoms with E-state index in [1.54, 1.807) is 30.3 Å². The molecule has 1 atom stereocenters. The number of carbonyl (C=O) groups excluding carboxylic acids is 2. The SMILES string of the molecule is O=C(NC1CC1)c1ccc2c(c1)N(Cc1ccc(F)cc1)C(=O)CS2=O. The van der Waals surface area contributed by atoms with Gasteiger partial charge >= 0.3 is 0 Å². The molecule has 26 heavy (non-hydrogen) atoms. The van der Waals surface area contributed by atoms with Gasteiger partial charge in [0.1, 0.15) is 11.6 Å². The first-order valence-corrected chi connectivity index (χ1v) is 9.71. The molecule has 1 aliphatic heterocycles. The van der Waals surface area contributed by atoms with Gasteiger partial charge in [-0.1, -0.05) is 12.1 Å². The Kier molecular flexibility index (Phi) is 4.32. The lowest BCUT2D eigenvalue weighted by Crippen LogP contribution is -2.38. The van der Waals surface area contributed by atoms with Crippen molar-refractivity contribution >= 4 is 28.3 Å². The van der Waals surface area contributed by atoms with E-state index >= 15 is 0 Å². The number of fused-ring (bicyclic) bond motifs is 1. The molecule has 4 rings (SSSR count). The third-order valence-corrected chi connectivity index (χ3v) is 5.82. The van der Waals surface area contributed by atoms with E-state index in [-0.39, 0.29) is 36.0 Å². The summed E-state index contributed by atoms with van der Waals surface area (Å²) in [4.78, 5) is 26.8. The van der Waals surface area contributed by atoms with Crippen molar-refractivity contribution in [3.8, 4) is 0 Å². The minimum Gasteiger partial charge on any atom is -0.349 e. The standard InChI is InChI=1S/C19H17FN2O3S/c20-14-4-1-12(2-5-14)10-22-16-9-13(19(24)21-15-6-7-15)3-8-17(16)26(25)11-18(22)23/h1-5,8-9,15H,6-7,10-11H2,(H,21,24). The minimum absolute atomic E-state index is 0.0954. The van der Waals surface area contributed by atoms with Crippen molar-refractivity contribution in [2.75, 3.05) is 10.7 Å². The largest absolute Gasteiger partial charge is 0.349 e. The number of hydrogen-bond donors (Lipinski definition) is 1. The smallest absolute Gasteiger partial charge is 0.251 e. The average Bonchev–Trinajstić information content (AvgIpc) is 3.43. The maximum absolute atomic E-state index is 13.1. The molecule has 0 spiro atoms. The Morgan fingerprint density at radius 2 is 1.92 bits per heavy atom. The van der Waals surface area contributed by atoms with Crippen LogP contribution in [0.25, 0.3) is 0 Å². The molecule has 7 heteroatoms. The maximum Gasteiger partial charge on any atom is 0.251 e. The summed E-state index contributed by atoms with van der Waals surface area (Å²) in [7, 11) is -1.43. The molecule has 0 aromatic heterocycles. The molecule has 0 radical (unpaired) electrons. The van der Waals surface area contributed by atoms with Crippen LogP contribution in [-0.4, -0.2) is 27.8 Å². The lowest BCUT2D eigenvalue weighted by Gasteiger charge is -2.29. The second kappa shape index (κ2) is 6.64. The van der Waals surface area contributed by atoms with Crippen LogP contribution in [-0.2, 0) is 22.1 Å². The zero-order valence-electron chi connectivity index (χ0n) is 13.9. The molecule has 2 aromatic carbocycles. The molecule has 1 saturated carbocycles. The number of nitrogens with zero attached hydrogens (tertiary/aromatic N) is 1. The molecule has 1 fully saturated rings. The normalized spacial score (nSPS) is 19.2. The minimum atomic E-state index is -1.43. The topological polar surface area (TPSA) is 66.5 Å². The zero-order valence-corrected chi connectivity index (χ0v) is 14.7.